The summed E-state index contributed by atoms with van der Waals surface area (Å²) in [7, 11) is -3.99. The Labute approximate surface area is 158 Å². The van der Waals surface area contributed by atoms with Gasteiger partial charge >= 0.3 is 0 Å². The number of fused-ring (bicyclic) bond motifs is 1. The molecule has 4 aromatic rings. The Morgan fingerprint density at radius 3 is 2.68 bits per heavy atom. The van der Waals surface area contributed by atoms with Crippen LogP contribution >= 0.6 is 0 Å². The van der Waals surface area contributed by atoms with Gasteiger partial charge in [0.15, 0.2) is 5.65 Å². The van der Waals surface area contributed by atoms with Crippen molar-refractivity contribution in [3.63, 3.8) is 0 Å². The van der Waals surface area contributed by atoms with E-state index in [1.165, 1.54) is 29.0 Å². The van der Waals surface area contributed by atoms with E-state index in [2.05, 4.69) is 20.0 Å². The summed E-state index contributed by atoms with van der Waals surface area (Å²) in [4.78, 5) is 10.0. The molecule has 1 N–H and O–H groups in total. The molecule has 0 atom stereocenters. The SMILES string of the molecule is O=[N+]([O-])c1cccc(S(=O)(=O)Nc2cccc(-c3ccc4nncn4n3)c2)c1. The average molecular weight is 396 g/mol. The van der Waals surface area contributed by atoms with Crippen molar-refractivity contribution in [1.29, 1.82) is 0 Å². The van der Waals surface area contributed by atoms with E-state index in [1.807, 2.05) is 0 Å². The van der Waals surface area contributed by atoms with Crippen LogP contribution < -0.4 is 4.72 Å². The number of rotatable bonds is 5. The standard InChI is InChI=1S/C17H12N6O4S/c24-23(25)14-5-2-6-15(10-14)28(26,27)21-13-4-1-3-12(9-13)16-7-8-17-19-18-11-22(17)20-16/h1-11,21H. The Kier molecular flexibility index (Phi) is 4.20. The third-order valence-electron chi connectivity index (χ3n) is 3.91. The first-order valence-electron chi connectivity index (χ1n) is 7.97. The molecule has 140 valence electrons. The molecule has 0 unspecified atom stereocenters. The van der Waals surface area contributed by atoms with Gasteiger partial charge in [0, 0.05) is 23.4 Å². The topological polar surface area (TPSA) is 132 Å². The molecule has 2 aromatic carbocycles. The fourth-order valence-electron chi connectivity index (χ4n) is 2.60. The van der Waals surface area contributed by atoms with Crippen molar-refractivity contribution < 1.29 is 13.3 Å². The van der Waals surface area contributed by atoms with E-state index in [4.69, 9.17) is 0 Å². The summed E-state index contributed by atoms with van der Waals surface area (Å²) in [5.41, 5.74) is 1.86. The van der Waals surface area contributed by atoms with Crippen molar-refractivity contribution in [2.24, 2.45) is 0 Å². The number of nitro benzene ring substituents is 1. The first kappa shape index (κ1) is 17.5. The Hall–Kier alpha value is -3.86. The summed E-state index contributed by atoms with van der Waals surface area (Å²) in [5, 5.41) is 22.9. The van der Waals surface area contributed by atoms with Crippen molar-refractivity contribution in [3.05, 3.63) is 77.1 Å². The van der Waals surface area contributed by atoms with Crippen molar-refractivity contribution in [2.75, 3.05) is 4.72 Å². The Morgan fingerprint density at radius 1 is 1.04 bits per heavy atom. The van der Waals surface area contributed by atoms with Crippen LogP contribution in [-0.2, 0) is 10.0 Å². The molecule has 4 rings (SSSR count). The maximum Gasteiger partial charge on any atom is 0.270 e. The predicted octanol–water partition coefficient (Wildman–Crippen LogP) is 2.50. The van der Waals surface area contributed by atoms with Crippen LogP contribution in [0, 0.1) is 10.1 Å². The Morgan fingerprint density at radius 2 is 1.86 bits per heavy atom. The molecule has 0 fully saturated rings. The van der Waals surface area contributed by atoms with Crippen LogP contribution in [0.4, 0.5) is 11.4 Å². The van der Waals surface area contributed by atoms with Gasteiger partial charge in [-0.25, -0.2) is 8.42 Å². The number of non-ortho nitro benzene ring substituents is 1. The van der Waals surface area contributed by atoms with Crippen LogP contribution in [0.25, 0.3) is 16.9 Å². The monoisotopic (exact) mass is 396 g/mol. The van der Waals surface area contributed by atoms with Crippen molar-refractivity contribution in [1.82, 2.24) is 19.8 Å². The maximum absolute atomic E-state index is 12.6. The molecule has 0 spiro atoms. The summed E-state index contributed by atoms with van der Waals surface area (Å²) in [6, 6.07) is 15.0. The lowest BCUT2D eigenvalue weighted by Crippen LogP contribution is -2.13. The maximum atomic E-state index is 12.6. The first-order valence-corrected chi connectivity index (χ1v) is 9.45. The number of hydrogen-bond acceptors (Lipinski definition) is 7. The van der Waals surface area contributed by atoms with Gasteiger partial charge in [-0.2, -0.15) is 9.61 Å². The van der Waals surface area contributed by atoms with Crippen LogP contribution in [-0.4, -0.2) is 33.2 Å². The zero-order valence-corrected chi connectivity index (χ0v) is 14.9. The highest BCUT2D eigenvalue weighted by atomic mass is 32.2. The zero-order valence-electron chi connectivity index (χ0n) is 14.1. The summed E-state index contributed by atoms with van der Waals surface area (Å²) in [6.45, 7) is 0. The quantitative estimate of drug-likeness (QED) is 0.405. The van der Waals surface area contributed by atoms with Crippen molar-refractivity contribution >= 4 is 27.0 Å². The summed E-state index contributed by atoms with van der Waals surface area (Å²) in [5.74, 6) is 0. The van der Waals surface area contributed by atoms with Crippen LogP contribution in [0.1, 0.15) is 0 Å². The summed E-state index contributed by atoms with van der Waals surface area (Å²) in [6.07, 6.45) is 1.47. The van der Waals surface area contributed by atoms with Gasteiger partial charge in [-0.3, -0.25) is 14.8 Å². The van der Waals surface area contributed by atoms with E-state index in [0.29, 0.717) is 22.6 Å². The largest absolute Gasteiger partial charge is 0.280 e. The van der Waals surface area contributed by atoms with Crippen LogP contribution in [0.5, 0.6) is 0 Å². The Balaban J connectivity index is 1.66. The average Bonchev–Trinajstić information content (AvgIpc) is 3.16. The molecule has 28 heavy (non-hydrogen) atoms. The molecule has 0 bridgehead atoms. The first-order chi connectivity index (χ1) is 13.4. The molecule has 0 amide bonds. The molecule has 0 aliphatic heterocycles. The van der Waals surface area contributed by atoms with Gasteiger partial charge in [-0.1, -0.05) is 18.2 Å². The lowest BCUT2D eigenvalue weighted by molar-refractivity contribution is -0.385. The number of sulfonamides is 1. The van der Waals surface area contributed by atoms with Crippen LogP contribution in [0.3, 0.4) is 0 Å². The molecule has 10 nitrogen and oxygen atoms in total. The van der Waals surface area contributed by atoms with E-state index >= 15 is 0 Å². The lowest BCUT2D eigenvalue weighted by Gasteiger charge is -2.09. The second kappa shape index (κ2) is 6.70. The van der Waals surface area contributed by atoms with Crippen LogP contribution in [0.2, 0.25) is 0 Å². The third-order valence-corrected chi connectivity index (χ3v) is 5.29. The van der Waals surface area contributed by atoms with Gasteiger partial charge in [0.2, 0.25) is 0 Å². The molecule has 0 radical (unpaired) electrons. The highest BCUT2D eigenvalue weighted by molar-refractivity contribution is 7.92. The molecular formula is C17H12N6O4S. The summed E-state index contributed by atoms with van der Waals surface area (Å²) >= 11 is 0. The van der Waals surface area contributed by atoms with E-state index in [-0.39, 0.29) is 10.6 Å². The number of nitro groups is 1. The van der Waals surface area contributed by atoms with E-state index in [9.17, 15) is 18.5 Å². The fraction of sp³-hybridized carbons (Fsp3) is 0. The second-order valence-electron chi connectivity index (χ2n) is 5.79. The van der Waals surface area contributed by atoms with Gasteiger partial charge in [0.1, 0.15) is 6.33 Å². The minimum atomic E-state index is -3.99. The van der Waals surface area contributed by atoms with E-state index in [0.717, 1.165) is 6.07 Å². The molecule has 2 heterocycles. The molecule has 0 saturated carbocycles. The van der Waals surface area contributed by atoms with Gasteiger partial charge in [-0.05, 0) is 30.3 Å². The van der Waals surface area contributed by atoms with E-state index < -0.39 is 14.9 Å². The number of nitrogens with one attached hydrogen (secondary N) is 1. The molecule has 0 saturated heterocycles. The van der Waals surface area contributed by atoms with Gasteiger partial charge in [-0.15, -0.1) is 10.2 Å². The molecular weight excluding hydrogens is 384 g/mol. The highest BCUT2D eigenvalue weighted by Gasteiger charge is 2.18. The molecule has 0 aliphatic rings. The second-order valence-corrected chi connectivity index (χ2v) is 7.48. The molecule has 11 heteroatoms. The van der Waals surface area contributed by atoms with Crippen molar-refractivity contribution in [2.45, 2.75) is 4.90 Å². The zero-order chi connectivity index (χ0) is 19.7. The number of benzene rings is 2. The fourth-order valence-corrected chi connectivity index (χ4v) is 3.69. The smallest absolute Gasteiger partial charge is 0.270 e. The summed E-state index contributed by atoms with van der Waals surface area (Å²) < 4.78 is 29.1. The lowest BCUT2D eigenvalue weighted by atomic mass is 10.1. The number of nitrogens with zero attached hydrogens (tertiary/aromatic N) is 5. The van der Waals surface area contributed by atoms with Crippen molar-refractivity contribution in [3.8, 4) is 11.3 Å². The van der Waals surface area contributed by atoms with Gasteiger partial charge in [0.05, 0.1) is 15.5 Å². The minimum Gasteiger partial charge on any atom is -0.280 e. The van der Waals surface area contributed by atoms with E-state index in [1.54, 1.807) is 36.4 Å². The molecule has 0 aliphatic carbocycles. The number of aromatic nitrogens is 4. The van der Waals surface area contributed by atoms with Crippen LogP contribution in [0.15, 0.2) is 71.9 Å². The van der Waals surface area contributed by atoms with Gasteiger partial charge in [0.25, 0.3) is 15.7 Å². The predicted molar refractivity (Wildman–Crippen MR) is 100 cm³/mol. The third kappa shape index (κ3) is 3.38. The normalized spacial score (nSPS) is 11.4. The minimum absolute atomic E-state index is 0.198. The number of anilines is 1. The van der Waals surface area contributed by atoms with Gasteiger partial charge < -0.3 is 0 Å². The highest BCUT2D eigenvalue weighted by Crippen LogP contribution is 2.24. The molecule has 2 aromatic heterocycles. The number of hydrogen-bond donors (Lipinski definition) is 1. The Bertz CT molecular complexity index is 1300.